The lowest BCUT2D eigenvalue weighted by molar-refractivity contribution is -0.384. The third-order valence-corrected chi connectivity index (χ3v) is 5.05. The maximum atomic E-state index is 12.3. The van der Waals surface area contributed by atoms with Crippen LogP contribution < -0.4 is 14.2 Å². The fourth-order valence-corrected chi connectivity index (χ4v) is 3.34. The van der Waals surface area contributed by atoms with Gasteiger partial charge < -0.3 is 9.47 Å². The highest BCUT2D eigenvalue weighted by molar-refractivity contribution is 7.89. The van der Waals surface area contributed by atoms with E-state index in [0.29, 0.717) is 17.1 Å². The van der Waals surface area contributed by atoms with Crippen molar-refractivity contribution in [3.05, 3.63) is 57.1 Å². The van der Waals surface area contributed by atoms with Gasteiger partial charge in [-0.3, -0.25) is 10.1 Å². The number of nitro groups is 1. The van der Waals surface area contributed by atoms with Gasteiger partial charge in [0.1, 0.15) is 5.02 Å². The van der Waals surface area contributed by atoms with Crippen molar-refractivity contribution in [2.24, 2.45) is 0 Å². The highest BCUT2D eigenvalue weighted by atomic mass is 35.5. The van der Waals surface area contributed by atoms with Crippen LogP contribution in [0.3, 0.4) is 0 Å². The van der Waals surface area contributed by atoms with E-state index in [4.69, 9.17) is 21.1 Å². The molecule has 0 bridgehead atoms. The van der Waals surface area contributed by atoms with Crippen LogP contribution in [0.5, 0.6) is 11.5 Å². The molecule has 8 nitrogen and oxygen atoms in total. The molecule has 0 atom stereocenters. The minimum atomic E-state index is -3.93. The summed E-state index contributed by atoms with van der Waals surface area (Å²) >= 11 is 5.69. The summed E-state index contributed by atoms with van der Waals surface area (Å²) < 4.78 is 37.4. The quantitative estimate of drug-likeness (QED) is 0.639. The van der Waals surface area contributed by atoms with E-state index in [1.807, 2.05) is 0 Å². The Bertz CT molecular complexity index is 915. The molecule has 0 fully saturated rings. The van der Waals surface area contributed by atoms with E-state index in [1.165, 1.54) is 12.1 Å². The number of fused-ring (bicyclic) bond motifs is 1. The molecule has 0 aromatic heterocycles. The SMILES string of the molecule is O=[N+]([O-])c1cc(S(=O)(=O)NCc2ccc3c(c2)OCO3)ccc1Cl. The van der Waals surface area contributed by atoms with Crippen LogP contribution in [0.4, 0.5) is 5.69 Å². The second-order valence-electron chi connectivity index (χ2n) is 4.88. The van der Waals surface area contributed by atoms with E-state index in [1.54, 1.807) is 18.2 Å². The number of nitrogens with one attached hydrogen (secondary N) is 1. The van der Waals surface area contributed by atoms with Gasteiger partial charge in [0.2, 0.25) is 16.8 Å². The van der Waals surface area contributed by atoms with Crippen molar-refractivity contribution < 1.29 is 22.8 Å². The standard InChI is InChI=1S/C14H11ClN2O6S/c15-11-3-2-10(6-12(11)17(18)19)24(20,21)16-7-9-1-4-13-14(5-9)23-8-22-13/h1-6,16H,7-8H2. The molecule has 2 aromatic carbocycles. The van der Waals surface area contributed by atoms with Gasteiger partial charge >= 0.3 is 0 Å². The van der Waals surface area contributed by atoms with E-state index in [2.05, 4.69) is 4.72 Å². The smallest absolute Gasteiger partial charge is 0.289 e. The zero-order chi connectivity index (χ0) is 17.3. The van der Waals surface area contributed by atoms with E-state index in [0.717, 1.165) is 6.07 Å². The van der Waals surface area contributed by atoms with Crippen LogP contribution in [0.15, 0.2) is 41.3 Å². The van der Waals surface area contributed by atoms with E-state index in [-0.39, 0.29) is 23.3 Å². The van der Waals surface area contributed by atoms with Crippen molar-refractivity contribution in [2.75, 3.05) is 6.79 Å². The molecule has 3 rings (SSSR count). The first kappa shape index (κ1) is 16.5. The van der Waals surface area contributed by atoms with Gasteiger partial charge in [0.15, 0.2) is 11.5 Å². The molecule has 1 aliphatic rings. The van der Waals surface area contributed by atoms with Gasteiger partial charge in [-0.2, -0.15) is 0 Å². The largest absolute Gasteiger partial charge is 0.454 e. The monoisotopic (exact) mass is 370 g/mol. The van der Waals surface area contributed by atoms with E-state index < -0.39 is 20.6 Å². The summed E-state index contributed by atoms with van der Waals surface area (Å²) in [6, 6.07) is 8.34. The summed E-state index contributed by atoms with van der Waals surface area (Å²) in [4.78, 5) is 9.90. The van der Waals surface area contributed by atoms with Crippen LogP contribution in [0.1, 0.15) is 5.56 Å². The molecule has 1 aliphatic heterocycles. The molecule has 0 saturated heterocycles. The molecule has 2 aromatic rings. The molecule has 0 spiro atoms. The molecule has 126 valence electrons. The van der Waals surface area contributed by atoms with Crippen LogP contribution in [0.25, 0.3) is 0 Å². The molecule has 0 radical (unpaired) electrons. The lowest BCUT2D eigenvalue weighted by atomic mass is 10.2. The molecule has 0 unspecified atom stereocenters. The lowest BCUT2D eigenvalue weighted by Crippen LogP contribution is -2.23. The number of benzene rings is 2. The molecule has 0 amide bonds. The number of rotatable bonds is 5. The van der Waals surface area contributed by atoms with Gasteiger partial charge in [0.05, 0.1) is 9.82 Å². The van der Waals surface area contributed by atoms with Gasteiger partial charge in [-0.25, -0.2) is 13.1 Å². The summed E-state index contributed by atoms with van der Waals surface area (Å²) in [5.74, 6) is 1.13. The molecule has 1 N–H and O–H groups in total. The topological polar surface area (TPSA) is 108 Å². The first-order valence-corrected chi connectivity index (χ1v) is 8.55. The molecule has 0 saturated carbocycles. The summed E-state index contributed by atoms with van der Waals surface area (Å²) in [5, 5.41) is 10.7. The Morgan fingerprint density at radius 2 is 1.92 bits per heavy atom. The number of nitro benzene ring substituents is 1. The normalized spacial score (nSPS) is 13.0. The van der Waals surface area contributed by atoms with Gasteiger partial charge in [-0.15, -0.1) is 0 Å². The number of ether oxygens (including phenoxy) is 2. The highest BCUT2D eigenvalue weighted by Crippen LogP contribution is 2.32. The van der Waals surface area contributed by atoms with Gasteiger partial charge in [-0.1, -0.05) is 17.7 Å². The number of halogens is 1. The summed E-state index contributed by atoms with van der Waals surface area (Å²) in [6.07, 6.45) is 0. The van der Waals surface area contributed by atoms with Crippen LogP contribution in [-0.4, -0.2) is 20.1 Å². The third kappa shape index (κ3) is 3.28. The van der Waals surface area contributed by atoms with Crippen molar-refractivity contribution >= 4 is 27.3 Å². The lowest BCUT2D eigenvalue weighted by Gasteiger charge is -2.08. The average Bonchev–Trinajstić information content (AvgIpc) is 3.00. The highest BCUT2D eigenvalue weighted by Gasteiger charge is 2.21. The number of hydrogen-bond donors (Lipinski definition) is 1. The zero-order valence-corrected chi connectivity index (χ0v) is 13.6. The molecular weight excluding hydrogens is 360 g/mol. The Balaban J connectivity index is 1.79. The molecular formula is C14H11ClN2O6S. The Kier molecular flexibility index (Phi) is 4.31. The number of hydrogen-bond acceptors (Lipinski definition) is 6. The van der Waals surface area contributed by atoms with Crippen LogP contribution in [-0.2, 0) is 16.6 Å². The maximum absolute atomic E-state index is 12.3. The molecule has 1 heterocycles. The predicted molar refractivity (Wildman–Crippen MR) is 84.7 cm³/mol. The second-order valence-corrected chi connectivity index (χ2v) is 7.06. The Labute approximate surface area is 142 Å². The molecule has 10 heteroatoms. The van der Waals surface area contributed by atoms with E-state index in [9.17, 15) is 18.5 Å². The maximum Gasteiger partial charge on any atom is 0.289 e. The zero-order valence-electron chi connectivity index (χ0n) is 12.1. The minimum Gasteiger partial charge on any atom is -0.454 e. The summed E-state index contributed by atoms with van der Waals surface area (Å²) in [6.45, 7) is 0.119. The van der Waals surface area contributed by atoms with Crippen LogP contribution in [0.2, 0.25) is 5.02 Å². The molecule has 0 aliphatic carbocycles. The number of nitrogens with zero attached hydrogens (tertiary/aromatic N) is 1. The first-order valence-electron chi connectivity index (χ1n) is 6.69. The van der Waals surface area contributed by atoms with Crippen molar-refractivity contribution in [2.45, 2.75) is 11.4 Å². The minimum absolute atomic E-state index is 0.00457. The fourth-order valence-electron chi connectivity index (χ4n) is 2.11. The fraction of sp³-hybridized carbons (Fsp3) is 0.143. The Morgan fingerprint density at radius 3 is 2.67 bits per heavy atom. The van der Waals surface area contributed by atoms with Gasteiger partial charge in [0.25, 0.3) is 5.69 Å². The van der Waals surface area contributed by atoms with Crippen LogP contribution in [0, 0.1) is 10.1 Å². The first-order chi connectivity index (χ1) is 11.4. The van der Waals surface area contributed by atoms with Crippen molar-refractivity contribution in [3.8, 4) is 11.5 Å². The van der Waals surface area contributed by atoms with Crippen molar-refractivity contribution in [1.82, 2.24) is 4.72 Å². The average molecular weight is 371 g/mol. The van der Waals surface area contributed by atoms with Crippen LogP contribution >= 0.6 is 11.6 Å². The van der Waals surface area contributed by atoms with Gasteiger partial charge in [-0.05, 0) is 29.8 Å². The van der Waals surface area contributed by atoms with E-state index >= 15 is 0 Å². The van der Waals surface area contributed by atoms with Crippen molar-refractivity contribution in [3.63, 3.8) is 0 Å². The Morgan fingerprint density at radius 1 is 1.17 bits per heavy atom. The summed E-state index contributed by atoms with van der Waals surface area (Å²) in [7, 11) is -3.93. The second kappa shape index (κ2) is 6.27. The summed E-state index contributed by atoms with van der Waals surface area (Å²) in [5.41, 5.74) is 0.189. The third-order valence-electron chi connectivity index (χ3n) is 3.33. The Hall–Kier alpha value is -2.36. The number of sulfonamides is 1. The predicted octanol–water partition coefficient (Wildman–Crippen LogP) is 2.46. The molecule has 24 heavy (non-hydrogen) atoms. The van der Waals surface area contributed by atoms with Crippen molar-refractivity contribution in [1.29, 1.82) is 0 Å². The van der Waals surface area contributed by atoms with Gasteiger partial charge in [0, 0.05) is 12.6 Å².